The maximum Gasteiger partial charge on any atom is 0.262 e. The molecule has 4 rings (SSSR count). The molecule has 1 amide bonds. The molecule has 1 fully saturated rings. The van der Waals surface area contributed by atoms with Gasteiger partial charge in [-0.05, 0) is 48.3 Å². The van der Waals surface area contributed by atoms with Crippen LogP contribution in [0.3, 0.4) is 0 Å². The third kappa shape index (κ3) is 4.95. The van der Waals surface area contributed by atoms with Crippen molar-refractivity contribution >= 4 is 40.4 Å². The zero-order chi connectivity index (χ0) is 21.8. The van der Waals surface area contributed by atoms with E-state index in [0.717, 1.165) is 19.6 Å². The number of methoxy groups -OCH3 is 1. The number of ether oxygens (including phenoxy) is 1. The first-order valence-electron chi connectivity index (χ1n) is 10.4. The monoisotopic (exact) mass is 458 g/mol. The number of H-pyrrole nitrogens is 1. The van der Waals surface area contributed by atoms with E-state index in [-0.39, 0.29) is 11.5 Å². The number of hydrogen-bond donors (Lipinski definition) is 1. The number of nitrogens with zero attached hydrogens (tertiary/aromatic N) is 3. The van der Waals surface area contributed by atoms with Crippen LogP contribution in [-0.4, -0.2) is 65.2 Å². The summed E-state index contributed by atoms with van der Waals surface area (Å²) in [6.07, 6.45) is 0.703. The number of hydrogen-bond acceptors (Lipinski definition) is 6. The summed E-state index contributed by atoms with van der Waals surface area (Å²) in [5, 5.41) is 2.62. The van der Waals surface area contributed by atoms with E-state index in [2.05, 4.69) is 27.4 Å². The SMILES string of the molecule is COCCCn1c(=S)[nH]c2cc(C(=O)N3CCN(Cc4cccs4)CC3)ccc2c1=O. The molecule has 0 spiro atoms. The van der Waals surface area contributed by atoms with E-state index in [0.29, 0.717) is 53.9 Å². The molecule has 9 heteroatoms. The van der Waals surface area contributed by atoms with E-state index < -0.39 is 0 Å². The Kier molecular flexibility index (Phi) is 6.96. The number of aromatic nitrogens is 2. The fourth-order valence-corrected chi connectivity index (χ4v) is 4.90. The second-order valence-electron chi connectivity index (χ2n) is 7.64. The smallest absolute Gasteiger partial charge is 0.262 e. The molecule has 0 atom stereocenters. The highest BCUT2D eigenvalue weighted by atomic mass is 32.1. The molecule has 0 unspecified atom stereocenters. The van der Waals surface area contributed by atoms with Crippen LogP contribution in [0.2, 0.25) is 0 Å². The lowest BCUT2D eigenvalue weighted by molar-refractivity contribution is 0.0630. The van der Waals surface area contributed by atoms with Crippen molar-refractivity contribution < 1.29 is 9.53 Å². The maximum absolute atomic E-state index is 13.1. The van der Waals surface area contributed by atoms with Crippen LogP contribution in [-0.2, 0) is 17.8 Å². The number of amides is 1. The molecule has 164 valence electrons. The van der Waals surface area contributed by atoms with E-state index in [9.17, 15) is 9.59 Å². The first-order chi connectivity index (χ1) is 15.1. The van der Waals surface area contributed by atoms with Crippen LogP contribution in [0, 0.1) is 4.77 Å². The average Bonchev–Trinajstić information content (AvgIpc) is 3.29. The van der Waals surface area contributed by atoms with E-state index in [1.165, 1.54) is 4.88 Å². The van der Waals surface area contributed by atoms with E-state index >= 15 is 0 Å². The van der Waals surface area contributed by atoms with Crippen molar-refractivity contribution in [2.45, 2.75) is 19.5 Å². The fourth-order valence-electron chi connectivity index (χ4n) is 3.87. The summed E-state index contributed by atoms with van der Waals surface area (Å²) in [5.74, 6) is -0.0127. The van der Waals surface area contributed by atoms with Gasteiger partial charge < -0.3 is 14.6 Å². The molecule has 1 aliphatic heterocycles. The molecule has 1 aliphatic rings. The van der Waals surface area contributed by atoms with Gasteiger partial charge in [-0.15, -0.1) is 11.3 Å². The quantitative estimate of drug-likeness (QED) is 0.435. The molecule has 1 saturated heterocycles. The maximum atomic E-state index is 13.1. The lowest BCUT2D eigenvalue weighted by Gasteiger charge is -2.34. The Balaban J connectivity index is 1.47. The van der Waals surface area contributed by atoms with Crippen molar-refractivity contribution in [1.29, 1.82) is 0 Å². The molecule has 0 bridgehead atoms. The second-order valence-corrected chi connectivity index (χ2v) is 9.06. The molecule has 7 nitrogen and oxygen atoms in total. The van der Waals surface area contributed by atoms with Crippen LogP contribution in [0.4, 0.5) is 0 Å². The topological polar surface area (TPSA) is 70.6 Å². The largest absolute Gasteiger partial charge is 0.385 e. The lowest BCUT2D eigenvalue weighted by atomic mass is 10.1. The average molecular weight is 459 g/mol. The zero-order valence-electron chi connectivity index (χ0n) is 17.5. The number of thiophene rings is 1. The second kappa shape index (κ2) is 9.86. The minimum atomic E-state index is -0.143. The number of rotatable bonds is 7. The number of carbonyl (C=O) groups excluding carboxylic acids is 1. The lowest BCUT2D eigenvalue weighted by Crippen LogP contribution is -2.48. The first kappa shape index (κ1) is 21.9. The van der Waals surface area contributed by atoms with Crippen LogP contribution >= 0.6 is 23.6 Å². The van der Waals surface area contributed by atoms with Gasteiger partial charge in [0.1, 0.15) is 0 Å². The van der Waals surface area contributed by atoms with Crippen molar-refractivity contribution in [3.05, 3.63) is 61.3 Å². The van der Waals surface area contributed by atoms with E-state index in [4.69, 9.17) is 17.0 Å². The molecule has 31 heavy (non-hydrogen) atoms. The van der Waals surface area contributed by atoms with Crippen molar-refractivity contribution in [2.24, 2.45) is 0 Å². The molecule has 1 N–H and O–H groups in total. The normalized spacial score (nSPS) is 14.9. The van der Waals surface area contributed by atoms with Gasteiger partial charge in [-0.2, -0.15) is 0 Å². The Bertz CT molecular complexity index is 1160. The zero-order valence-corrected chi connectivity index (χ0v) is 19.1. The number of fused-ring (bicyclic) bond motifs is 1. The molecule has 2 aromatic heterocycles. The molecule has 0 aliphatic carbocycles. The van der Waals surface area contributed by atoms with E-state index in [1.807, 2.05) is 4.90 Å². The van der Waals surface area contributed by atoms with Gasteiger partial charge in [0, 0.05) is 63.4 Å². The first-order valence-corrected chi connectivity index (χ1v) is 11.7. The highest BCUT2D eigenvalue weighted by molar-refractivity contribution is 7.71. The third-order valence-corrected chi connectivity index (χ3v) is 6.76. The summed E-state index contributed by atoms with van der Waals surface area (Å²) in [6.45, 7) is 5.08. The third-order valence-electron chi connectivity index (χ3n) is 5.58. The van der Waals surface area contributed by atoms with Crippen molar-refractivity contribution in [2.75, 3.05) is 39.9 Å². The molecular weight excluding hydrogens is 432 g/mol. The molecule has 3 aromatic rings. The van der Waals surface area contributed by atoms with Crippen LogP contribution in [0.1, 0.15) is 21.7 Å². The molecular formula is C22H26N4O3S2. The van der Waals surface area contributed by atoms with Gasteiger partial charge in [-0.25, -0.2) is 0 Å². The Morgan fingerprint density at radius 3 is 2.74 bits per heavy atom. The molecule has 1 aromatic carbocycles. The van der Waals surface area contributed by atoms with E-state index in [1.54, 1.807) is 41.2 Å². The minimum Gasteiger partial charge on any atom is -0.385 e. The Morgan fingerprint density at radius 1 is 1.23 bits per heavy atom. The van der Waals surface area contributed by atoms with Crippen molar-refractivity contribution in [3.63, 3.8) is 0 Å². The van der Waals surface area contributed by atoms with Gasteiger partial charge in [0.25, 0.3) is 11.5 Å². The minimum absolute atomic E-state index is 0.0127. The Hall–Kier alpha value is -2.33. The standard InChI is InChI=1S/C22H26N4O3S2/c1-29-12-3-7-26-21(28)18-6-5-16(14-19(18)23-22(26)30)20(27)25-10-8-24(9-11-25)15-17-4-2-13-31-17/h2,4-6,13-14H,3,7-12,15H2,1H3,(H,23,30). The van der Waals surface area contributed by atoms with Gasteiger partial charge in [-0.3, -0.25) is 19.1 Å². The van der Waals surface area contributed by atoms with Crippen LogP contribution in [0.25, 0.3) is 10.9 Å². The van der Waals surface area contributed by atoms with Crippen LogP contribution in [0.5, 0.6) is 0 Å². The molecule has 0 radical (unpaired) electrons. The Labute approximate surface area is 189 Å². The van der Waals surface area contributed by atoms with Crippen molar-refractivity contribution in [1.82, 2.24) is 19.4 Å². The number of benzene rings is 1. The molecule has 0 saturated carbocycles. The highest BCUT2D eigenvalue weighted by Gasteiger charge is 2.23. The van der Waals surface area contributed by atoms with Crippen LogP contribution in [0.15, 0.2) is 40.5 Å². The Morgan fingerprint density at radius 2 is 2.03 bits per heavy atom. The van der Waals surface area contributed by atoms with Gasteiger partial charge >= 0.3 is 0 Å². The van der Waals surface area contributed by atoms with Crippen LogP contribution < -0.4 is 5.56 Å². The van der Waals surface area contributed by atoms with Gasteiger partial charge in [0.15, 0.2) is 4.77 Å². The summed E-state index contributed by atoms with van der Waals surface area (Å²) in [7, 11) is 1.63. The summed E-state index contributed by atoms with van der Waals surface area (Å²) >= 11 is 7.14. The van der Waals surface area contributed by atoms with Crippen molar-refractivity contribution in [3.8, 4) is 0 Å². The number of carbonyl (C=O) groups is 1. The number of aromatic amines is 1. The predicted octanol–water partition coefficient (Wildman–Crippen LogP) is 3.12. The highest BCUT2D eigenvalue weighted by Crippen LogP contribution is 2.17. The predicted molar refractivity (Wildman–Crippen MR) is 125 cm³/mol. The summed E-state index contributed by atoms with van der Waals surface area (Å²) in [4.78, 5) is 34.6. The number of nitrogens with one attached hydrogen (secondary N) is 1. The molecule has 3 heterocycles. The summed E-state index contributed by atoms with van der Waals surface area (Å²) in [6, 6.07) is 9.41. The number of piperazine rings is 1. The van der Waals surface area contributed by atoms with Gasteiger partial charge in [-0.1, -0.05) is 6.07 Å². The van der Waals surface area contributed by atoms with Gasteiger partial charge in [0.05, 0.1) is 10.9 Å². The fraction of sp³-hybridized carbons (Fsp3) is 0.409. The van der Waals surface area contributed by atoms with Gasteiger partial charge in [0.2, 0.25) is 0 Å². The summed E-state index contributed by atoms with van der Waals surface area (Å²) in [5.41, 5.74) is 1.03. The summed E-state index contributed by atoms with van der Waals surface area (Å²) < 4.78 is 6.97.